The van der Waals surface area contributed by atoms with Crippen molar-refractivity contribution in [1.82, 2.24) is 15.1 Å². The molecular weight excluding hydrogens is 254 g/mol. The van der Waals surface area contributed by atoms with Crippen molar-refractivity contribution in [3.8, 4) is 0 Å². The van der Waals surface area contributed by atoms with Crippen molar-refractivity contribution < 1.29 is 9.90 Å². The molecule has 0 bridgehead atoms. The van der Waals surface area contributed by atoms with Crippen LogP contribution in [-0.2, 0) is 0 Å². The Hall–Kier alpha value is -1.36. The van der Waals surface area contributed by atoms with Crippen LogP contribution < -0.4 is 5.32 Å². The number of aromatic nitrogens is 2. The lowest BCUT2D eigenvalue weighted by Gasteiger charge is -2.16. The summed E-state index contributed by atoms with van der Waals surface area (Å²) in [6.07, 6.45) is 3.08. The van der Waals surface area contributed by atoms with E-state index in [9.17, 15) is 9.90 Å². The summed E-state index contributed by atoms with van der Waals surface area (Å²) >= 11 is 0. The molecule has 0 spiro atoms. The first-order valence-corrected chi connectivity index (χ1v) is 7.42. The SMILES string of the molecule is CCC(CC)n1ncc(C(=O)NCC(O)C(C)C)c1C. The quantitative estimate of drug-likeness (QED) is 0.806. The molecule has 1 atom stereocenters. The molecule has 1 amide bonds. The van der Waals surface area contributed by atoms with Crippen LogP contribution in [0.3, 0.4) is 0 Å². The molecule has 1 heterocycles. The molecule has 5 heteroatoms. The second kappa shape index (κ2) is 7.43. The van der Waals surface area contributed by atoms with Crippen molar-refractivity contribution in [1.29, 1.82) is 0 Å². The minimum Gasteiger partial charge on any atom is -0.391 e. The number of hydrogen-bond donors (Lipinski definition) is 2. The van der Waals surface area contributed by atoms with Gasteiger partial charge in [0.25, 0.3) is 5.91 Å². The summed E-state index contributed by atoms with van der Waals surface area (Å²) in [7, 11) is 0. The van der Waals surface area contributed by atoms with Crippen LogP contribution in [0.1, 0.15) is 62.6 Å². The summed E-state index contributed by atoms with van der Waals surface area (Å²) in [4.78, 5) is 12.1. The van der Waals surface area contributed by atoms with E-state index in [1.165, 1.54) is 0 Å². The molecule has 0 saturated carbocycles. The molecule has 1 aromatic rings. The van der Waals surface area contributed by atoms with Crippen molar-refractivity contribution >= 4 is 5.91 Å². The zero-order valence-electron chi connectivity index (χ0n) is 13.2. The summed E-state index contributed by atoms with van der Waals surface area (Å²) in [6.45, 7) is 10.3. The number of hydrogen-bond acceptors (Lipinski definition) is 3. The van der Waals surface area contributed by atoms with E-state index in [0.717, 1.165) is 18.5 Å². The van der Waals surface area contributed by atoms with E-state index in [-0.39, 0.29) is 18.4 Å². The summed E-state index contributed by atoms with van der Waals surface area (Å²) in [6, 6.07) is 0.331. The molecule has 0 aromatic carbocycles. The van der Waals surface area contributed by atoms with E-state index < -0.39 is 6.10 Å². The van der Waals surface area contributed by atoms with E-state index in [0.29, 0.717) is 11.6 Å². The first-order valence-electron chi connectivity index (χ1n) is 7.42. The monoisotopic (exact) mass is 281 g/mol. The summed E-state index contributed by atoms with van der Waals surface area (Å²) in [5, 5.41) is 16.8. The van der Waals surface area contributed by atoms with Gasteiger partial charge in [0, 0.05) is 12.2 Å². The van der Waals surface area contributed by atoms with Gasteiger partial charge < -0.3 is 10.4 Å². The van der Waals surface area contributed by atoms with Gasteiger partial charge in [-0.05, 0) is 25.7 Å². The molecule has 5 nitrogen and oxygen atoms in total. The van der Waals surface area contributed by atoms with Gasteiger partial charge in [-0.2, -0.15) is 5.10 Å². The van der Waals surface area contributed by atoms with Gasteiger partial charge in [0.15, 0.2) is 0 Å². The van der Waals surface area contributed by atoms with Gasteiger partial charge in [-0.15, -0.1) is 0 Å². The number of amides is 1. The Balaban J connectivity index is 2.75. The smallest absolute Gasteiger partial charge is 0.254 e. The van der Waals surface area contributed by atoms with Gasteiger partial charge in [0.2, 0.25) is 0 Å². The Morgan fingerprint density at radius 1 is 1.40 bits per heavy atom. The maximum Gasteiger partial charge on any atom is 0.254 e. The highest BCUT2D eigenvalue weighted by molar-refractivity contribution is 5.95. The molecule has 2 N–H and O–H groups in total. The standard InChI is InChI=1S/C15H27N3O2/c1-6-12(7-2)18-11(5)13(8-17-18)15(20)16-9-14(19)10(3)4/h8,10,12,14,19H,6-7,9H2,1-5H3,(H,16,20). The molecule has 1 aromatic heterocycles. The molecule has 0 saturated heterocycles. The van der Waals surface area contributed by atoms with Gasteiger partial charge in [0.05, 0.1) is 23.9 Å². The van der Waals surface area contributed by atoms with E-state index in [1.54, 1.807) is 6.20 Å². The zero-order valence-corrected chi connectivity index (χ0v) is 13.2. The van der Waals surface area contributed by atoms with Crippen molar-refractivity contribution in [3.05, 3.63) is 17.5 Å². The zero-order chi connectivity index (χ0) is 15.3. The number of nitrogens with zero attached hydrogens (tertiary/aromatic N) is 2. The van der Waals surface area contributed by atoms with Crippen molar-refractivity contribution in [2.45, 2.75) is 59.6 Å². The number of carbonyl (C=O) groups is 1. The average Bonchev–Trinajstić information content (AvgIpc) is 2.79. The molecule has 1 rings (SSSR count). The third-order valence-electron chi connectivity index (χ3n) is 3.82. The molecule has 114 valence electrons. The van der Waals surface area contributed by atoms with Crippen LogP contribution in [0.2, 0.25) is 0 Å². The van der Waals surface area contributed by atoms with E-state index in [2.05, 4.69) is 24.3 Å². The van der Waals surface area contributed by atoms with Gasteiger partial charge in [0.1, 0.15) is 0 Å². The molecule has 20 heavy (non-hydrogen) atoms. The lowest BCUT2D eigenvalue weighted by atomic mass is 10.1. The Labute approximate surface area is 121 Å². The van der Waals surface area contributed by atoms with Crippen LogP contribution in [0.4, 0.5) is 0 Å². The molecule has 0 aliphatic heterocycles. The highest BCUT2D eigenvalue weighted by atomic mass is 16.3. The van der Waals surface area contributed by atoms with E-state index in [4.69, 9.17) is 0 Å². The Morgan fingerprint density at radius 2 is 2.00 bits per heavy atom. The fraction of sp³-hybridized carbons (Fsp3) is 0.733. The predicted molar refractivity (Wildman–Crippen MR) is 79.8 cm³/mol. The second-order valence-corrected chi connectivity index (χ2v) is 5.58. The third-order valence-corrected chi connectivity index (χ3v) is 3.82. The molecule has 0 fully saturated rings. The lowest BCUT2D eigenvalue weighted by molar-refractivity contribution is 0.0871. The average molecular weight is 281 g/mol. The molecule has 0 radical (unpaired) electrons. The topological polar surface area (TPSA) is 67.2 Å². The first-order chi connectivity index (χ1) is 9.42. The minimum absolute atomic E-state index is 0.128. The second-order valence-electron chi connectivity index (χ2n) is 5.58. The molecule has 0 aliphatic rings. The van der Waals surface area contributed by atoms with Gasteiger partial charge in [-0.3, -0.25) is 9.48 Å². The number of carbonyl (C=O) groups excluding carboxylic acids is 1. The van der Waals surface area contributed by atoms with Crippen molar-refractivity contribution in [3.63, 3.8) is 0 Å². The third kappa shape index (κ3) is 3.82. The minimum atomic E-state index is -0.520. The maximum atomic E-state index is 12.1. The van der Waals surface area contributed by atoms with Crippen LogP contribution >= 0.6 is 0 Å². The molecular formula is C15H27N3O2. The summed E-state index contributed by atoms with van der Waals surface area (Å²) in [5.41, 5.74) is 1.48. The van der Waals surface area contributed by atoms with Crippen LogP contribution in [0, 0.1) is 12.8 Å². The Morgan fingerprint density at radius 3 is 2.50 bits per heavy atom. The van der Waals surface area contributed by atoms with Crippen LogP contribution in [0.15, 0.2) is 6.20 Å². The Bertz CT molecular complexity index is 436. The normalized spacial score (nSPS) is 13.0. The van der Waals surface area contributed by atoms with Crippen LogP contribution in [0.25, 0.3) is 0 Å². The molecule has 1 unspecified atom stereocenters. The van der Waals surface area contributed by atoms with Crippen LogP contribution in [0.5, 0.6) is 0 Å². The number of nitrogens with one attached hydrogen (secondary N) is 1. The molecule has 0 aliphatic carbocycles. The first kappa shape index (κ1) is 16.7. The van der Waals surface area contributed by atoms with Gasteiger partial charge >= 0.3 is 0 Å². The summed E-state index contributed by atoms with van der Waals surface area (Å²) < 4.78 is 1.92. The number of rotatable bonds is 7. The Kier molecular flexibility index (Phi) is 6.20. The van der Waals surface area contributed by atoms with E-state index >= 15 is 0 Å². The van der Waals surface area contributed by atoms with E-state index in [1.807, 2.05) is 25.5 Å². The van der Waals surface area contributed by atoms with Gasteiger partial charge in [-0.25, -0.2) is 0 Å². The number of aliphatic hydroxyl groups is 1. The highest BCUT2D eigenvalue weighted by Crippen LogP contribution is 2.19. The lowest BCUT2D eigenvalue weighted by Crippen LogP contribution is -2.34. The number of aliphatic hydroxyl groups excluding tert-OH is 1. The summed E-state index contributed by atoms with van der Waals surface area (Å²) in [5.74, 6) is -0.0388. The fourth-order valence-electron chi connectivity index (χ4n) is 2.18. The largest absolute Gasteiger partial charge is 0.391 e. The van der Waals surface area contributed by atoms with Crippen molar-refractivity contribution in [2.75, 3.05) is 6.54 Å². The van der Waals surface area contributed by atoms with Crippen molar-refractivity contribution in [2.24, 2.45) is 5.92 Å². The maximum absolute atomic E-state index is 12.1. The fourth-order valence-corrected chi connectivity index (χ4v) is 2.18. The highest BCUT2D eigenvalue weighted by Gasteiger charge is 2.18. The van der Waals surface area contributed by atoms with Gasteiger partial charge in [-0.1, -0.05) is 27.7 Å². The van der Waals surface area contributed by atoms with Crippen LogP contribution in [-0.4, -0.2) is 33.4 Å². The predicted octanol–water partition coefficient (Wildman–Crippen LogP) is 2.30.